The number of carbonyl (C=O) groups excluding carboxylic acids is 1. The van der Waals surface area contributed by atoms with E-state index in [1.807, 2.05) is 27.7 Å². The van der Waals surface area contributed by atoms with Crippen LogP contribution in [0.15, 0.2) is 59.7 Å². The Balaban J connectivity index is 3.13. The minimum Gasteiger partial charge on any atom is -0.359 e. The second kappa shape index (κ2) is 10.0. The molecule has 3 nitrogen and oxygen atoms in total. The molecule has 0 bridgehead atoms. The summed E-state index contributed by atoms with van der Waals surface area (Å²) in [5.41, 5.74) is 5.14. The molecule has 0 fully saturated rings. The van der Waals surface area contributed by atoms with Crippen molar-refractivity contribution in [2.24, 2.45) is 0 Å². The highest BCUT2D eigenvalue weighted by Gasteiger charge is 2.12. The highest BCUT2D eigenvalue weighted by Crippen LogP contribution is 2.22. The first-order chi connectivity index (χ1) is 11.8. The maximum Gasteiger partial charge on any atom is 0.190 e. The molecule has 0 aliphatic carbocycles. The van der Waals surface area contributed by atoms with Crippen molar-refractivity contribution >= 4 is 25.2 Å². The second-order valence-electron chi connectivity index (χ2n) is 5.89. The Morgan fingerprint density at radius 1 is 1.36 bits per heavy atom. The van der Waals surface area contributed by atoms with Crippen molar-refractivity contribution < 1.29 is 4.79 Å². The first-order valence-electron chi connectivity index (χ1n) is 8.48. The van der Waals surface area contributed by atoms with Gasteiger partial charge >= 0.3 is 0 Å². The number of aryl methyl sites for hydroxylation is 1. The average molecular weight is 357 g/mol. The number of halogens is 1. The number of carbonyl (C=O) groups is 1. The van der Waals surface area contributed by atoms with Crippen LogP contribution in [0.2, 0.25) is 11.3 Å². The fourth-order valence-corrected chi connectivity index (χ4v) is 2.76. The Labute approximate surface area is 157 Å². The molecule has 1 rings (SSSR count). The standard InChI is InChI=1S/C20H26BClN2O/c1-6-13(3)20(14(4)8-9-21)24-15(5)10-18(25)17-12-23-11-16(7-2)19(17)22/h6,8,10-12,24H,1,7,9,21H2,2-5H3/b14-8-,15-10+,20-13+. The van der Waals surface area contributed by atoms with E-state index in [4.69, 9.17) is 11.6 Å². The third-order valence-electron chi connectivity index (χ3n) is 3.87. The third kappa shape index (κ3) is 5.75. The van der Waals surface area contributed by atoms with Gasteiger partial charge in [-0.1, -0.05) is 43.6 Å². The number of pyridine rings is 1. The van der Waals surface area contributed by atoms with Gasteiger partial charge in [0.15, 0.2) is 5.78 Å². The zero-order valence-electron chi connectivity index (χ0n) is 15.7. The van der Waals surface area contributed by atoms with Gasteiger partial charge in [0.25, 0.3) is 0 Å². The van der Waals surface area contributed by atoms with Gasteiger partial charge in [0.2, 0.25) is 0 Å². The molecule has 0 saturated carbocycles. The van der Waals surface area contributed by atoms with Gasteiger partial charge in [-0.05, 0) is 43.9 Å². The molecule has 0 aliphatic heterocycles. The van der Waals surface area contributed by atoms with Crippen molar-refractivity contribution in [1.29, 1.82) is 0 Å². The number of nitrogens with zero attached hydrogens (tertiary/aromatic N) is 1. The highest BCUT2D eigenvalue weighted by molar-refractivity contribution is 6.35. The minimum absolute atomic E-state index is 0.162. The number of hydrogen-bond donors (Lipinski definition) is 1. The van der Waals surface area contributed by atoms with Gasteiger partial charge in [0, 0.05) is 29.9 Å². The van der Waals surface area contributed by atoms with Gasteiger partial charge in [-0.3, -0.25) is 9.78 Å². The van der Waals surface area contributed by atoms with Gasteiger partial charge in [-0.25, -0.2) is 0 Å². The maximum absolute atomic E-state index is 12.6. The molecule has 1 aromatic rings. The van der Waals surface area contributed by atoms with Crippen LogP contribution >= 0.6 is 11.6 Å². The highest BCUT2D eigenvalue weighted by atomic mass is 35.5. The lowest BCUT2D eigenvalue weighted by Crippen LogP contribution is -2.15. The molecule has 1 heterocycles. The predicted molar refractivity (Wildman–Crippen MR) is 110 cm³/mol. The van der Waals surface area contributed by atoms with E-state index < -0.39 is 0 Å². The summed E-state index contributed by atoms with van der Waals surface area (Å²) in [7, 11) is 2.09. The van der Waals surface area contributed by atoms with Crippen molar-refractivity contribution in [3.8, 4) is 0 Å². The van der Waals surface area contributed by atoms with E-state index in [2.05, 4.69) is 30.8 Å². The van der Waals surface area contributed by atoms with Gasteiger partial charge in [0.05, 0.1) is 10.6 Å². The largest absolute Gasteiger partial charge is 0.359 e. The summed E-state index contributed by atoms with van der Waals surface area (Å²) < 4.78 is 0. The molecule has 1 aromatic heterocycles. The minimum atomic E-state index is -0.162. The Bertz CT molecular complexity index is 748. The van der Waals surface area contributed by atoms with Gasteiger partial charge in [-0.15, -0.1) is 0 Å². The Hall–Kier alpha value is -2.07. The first kappa shape index (κ1) is 21.0. The van der Waals surface area contributed by atoms with E-state index in [0.717, 1.165) is 40.8 Å². The lowest BCUT2D eigenvalue weighted by molar-refractivity contribution is 0.104. The van der Waals surface area contributed by atoms with E-state index >= 15 is 0 Å². The molecule has 0 spiro atoms. The van der Waals surface area contributed by atoms with Crippen molar-refractivity contribution in [1.82, 2.24) is 10.3 Å². The quantitative estimate of drug-likeness (QED) is 0.324. The summed E-state index contributed by atoms with van der Waals surface area (Å²) >= 11 is 6.32. The fourth-order valence-electron chi connectivity index (χ4n) is 2.43. The van der Waals surface area contributed by atoms with Crippen LogP contribution < -0.4 is 5.32 Å². The maximum atomic E-state index is 12.6. The fraction of sp³-hybridized carbons (Fsp3) is 0.300. The van der Waals surface area contributed by atoms with Crippen LogP contribution in [0.25, 0.3) is 0 Å². The van der Waals surface area contributed by atoms with Crippen LogP contribution in [0.3, 0.4) is 0 Å². The molecule has 0 radical (unpaired) electrons. The van der Waals surface area contributed by atoms with Crippen molar-refractivity contribution in [2.45, 2.75) is 40.4 Å². The summed E-state index contributed by atoms with van der Waals surface area (Å²) in [6, 6.07) is 0. The monoisotopic (exact) mass is 356 g/mol. The normalized spacial score (nSPS) is 13.3. The molecular formula is C20H26BClN2O. The van der Waals surface area contributed by atoms with Gasteiger partial charge in [-0.2, -0.15) is 0 Å². The molecule has 0 atom stereocenters. The van der Waals surface area contributed by atoms with E-state index in [0.29, 0.717) is 10.6 Å². The zero-order chi connectivity index (χ0) is 19.0. The smallest absolute Gasteiger partial charge is 0.190 e. The second-order valence-corrected chi connectivity index (χ2v) is 6.27. The van der Waals surface area contributed by atoms with Crippen molar-refractivity contribution in [3.63, 3.8) is 0 Å². The van der Waals surface area contributed by atoms with Crippen LogP contribution in [-0.4, -0.2) is 18.6 Å². The number of rotatable bonds is 8. The van der Waals surface area contributed by atoms with Crippen molar-refractivity contribution in [3.05, 3.63) is 75.9 Å². The van der Waals surface area contributed by atoms with E-state index in [1.54, 1.807) is 18.3 Å². The van der Waals surface area contributed by atoms with Gasteiger partial charge in [0.1, 0.15) is 7.85 Å². The first-order valence-corrected chi connectivity index (χ1v) is 8.85. The van der Waals surface area contributed by atoms with Crippen LogP contribution in [0.5, 0.6) is 0 Å². The molecular weight excluding hydrogens is 330 g/mol. The number of nitrogens with one attached hydrogen (secondary N) is 1. The average Bonchev–Trinajstić information content (AvgIpc) is 2.59. The molecule has 132 valence electrons. The Morgan fingerprint density at radius 2 is 2.04 bits per heavy atom. The summed E-state index contributed by atoms with van der Waals surface area (Å²) in [5.74, 6) is -0.162. The van der Waals surface area contributed by atoms with Crippen LogP contribution in [0.1, 0.15) is 43.6 Å². The number of allylic oxidation sites excluding steroid dienone is 6. The molecule has 0 saturated heterocycles. The number of ketones is 1. The summed E-state index contributed by atoms with van der Waals surface area (Å²) in [6.45, 7) is 11.7. The molecule has 0 aromatic carbocycles. The number of hydrogen-bond acceptors (Lipinski definition) is 3. The van der Waals surface area contributed by atoms with Crippen LogP contribution in [0, 0.1) is 0 Å². The molecule has 5 heteroatoms. The molecule has 25 heavy (non-hydrogen) atoms. The third-order valence-corrected chi connectivity index (χ3v) is 4.32. The Kier molecular flexibility index (Phi) is 8.43. The zero-order valence-corrected chi connectivity index (χ0v) is 16.5. The predicted octanol–water partition coefficient (Wildman–Crippen LogP) is 4.43. The molecule has 0 aliphatic rings. The summed E-state index contributed by atoms with van der Waals surface area (Å²) in [4.78, 5) is 16.7. The molecule has 1 N–H and O–H groups in total. The summed E-state index contributed by atoms with van der Waals surface area (Å²) in [5, 5.41) is 3.80. The van der Waals surface area contributed by atoms with E-state index in [9.17, 15) is 4.79 Å². The lowest BCUT2D eigenvalue weighted by Gasteiger charge is -2.15. The molecule has 0 unspecified atom stereocenters. The van der Waals surface area contributed by atoms with Gasteiger partial charge < -0.3 is 5.32 Å². The van der Waals surface area contributed by atoms with E-state index in [-0.39, 0.29) is 5.78 Å². The topological polar surface area (TPSA) is 42.0 Å². The van der Waals surface area contributed by atoms with Crippen LogP contribution in [0.4, 0.5) is 0 Å². The Morgan fingerprint density at radius 3 is 2.60 bits per heavy atom. The molecule has 0 amide bonds. The number of aromatic nitrogens is 1. The SMILES string of the molecule is BC/C=C(C)\C(N/C(C)=C/C(=O)c1cncc(CC)c1Cl)=C(\C)C=C. The lowest BCUT2D eigenvalue weighted by atomic mass is 10.00. The van der Waals surface area contributed by atoms with Crippen LogP contribution in [-0.2, 0) is 6.42 Å². The van der Waals surface area contributed by atoms with E-state index in [1.165, 1.54) is 6.20 Å². The summed E-state index contributed by atoms with van der Waals surface area (Å²) in [6.07, 6.45) is 10.4. The van der Waals surface area contributed by atoms with Crippen molar-refractivity contribution in [2.75, 3.05) is 0 Å².